The third-order valence-electron chi connectivity index (χ3n) is 5.43. The smallest absolute Gasteiger partial charge is 0.324 e. The van der Waals surface area contributed by atoms with Crippen LogP contribution in [0, 0.1) is 5.82 Å². The fourth-order valence-corrected chi connectivity index (χ4v) is 5.18. The summed E-state index contributed by atoms with van der Waals surface area (Å²) in [5.74, 6) is -1.54. The van der Waals surface area contributed by atoms with Crippen LogP contribution in [0.2, 0.25) is 0 Å². The number of urea groups is 1. The molecule has 1 aromatic carbocycles. The Hall–Kier alpha value is -2.34. The van der Waals surface area contributed by atoms with Gasteiger partial charge in [-0.05, 0) is 43.4 Å². The van der Waals surface area contributed by atoms with Gasteiger partial charge in [0, 0.05) is 19.5 Å². The van der Waals surface area contributed by atoms with Gasteiger partial charge in [0.25, 0.3) is 6.43 Å². The molecule has 178 valence electrons. The number of rotatable bonds is 12. The Morgan fingerprint density at radius 1 is 1.19 bits per heavy atom. The Bertz CT molecular complexity index is 954. The van der Waals surface area contributed by atoms with Crippen LogP contribution in [0.25, 0.3) is 0 Å². The standard InChI is InChI=1S/C20H26F3N3O5S/c21-15-5-4-14(12-16(15)31-13-17(22)23)20(7-8-20)25-32(29,30)11-3-1-2-9-26-10-6-18(27)24-19(26)28/h4-5,12,17,25H,1-3,6-11,13H2,(H,24,27,28). The monoisotopic (exact) mass is 477 g/mol. The molecule has 0 aromatic heterocycles. The molecule has 0 atom stereocenters. The molecule has 1 aliphatic heterocycles. The van der Waals surface area contributed by atoms with E-state index >= 15 is 0 Å². The van der Waals surface area contributed by atoms with Crippen LogP contribution in [-0.2, 0) is 20.4 Å². The SMILES string of the molecule is O=C1CCN(CCCCCS(=O)(=O)NC2(c3ccc(F)c(OCC(F)F)c3)CC2)C(=O)N1. The molecule has 1 saturated carbocycles. The van der Waals surface area contributed by atoms with Gasteiger partial charge in [0.15, 0.2) is 11.6 Å². The lowest BCUT2D eigenvalue weighted by Crippen LogP contribution is -2.49. The van der Waals surface area contributed by atoms with Crippen molar-refractivity contribution in [3.8, 4) is 5.75 Å². The van der Waals surface area contributed by atoms with Gasteiger partial charge in [0.1, 0.15) is 6.61 Å². The second-order valence-corrected chi connectivity index (χ2v) is 9.84. The quantitative estimate of drug-likeness (QED) is 0.450. The number of imide groups is 1. The first-order valence-electron chi connectivity index (χ1n) is 10.4. The molecule has 2 aliphatic rings. The molecule has 2 fully saturated rings. The lowest BCUT2D eigenvalue weighted by molar-refractivity contribution is -0.121. The highest BCUT2D eigenvalue weighted by molar-refractivity contribution is 7.89. The van der Waals surface area contributed by atoms with E-state index in [1.54, 1.807) is 0 Å². The second-order valence-electron chi connectivity index (χ2n) is 8.00. The maximum atomic E-state index is 13.8. The van der Waals surface area contributed by atoms with Crippen molar-refractivity contribution < 1.29 is 35.9 Å². The molecular weight excluding hydrogens is 451 g/mol. The molecule has 3 amide bonds. The zero-order chi connectivity index (χ0) is 23.4. The fourth-order valence-electron chi connectivity index (χ4n) is 3.57. The number of nitrogens with zero attached hydrogens (tertiary/aromatic N) is 1. The van der Waals surface area contributed by atoms with Gasteiger partial charge >= 0.3 is 6.03 Å². The summed E-state index contributed by atoms with van der Waals surface area (Å²) < 4.78 is 71.1. The van der Waals surface area contributed by atoms with Crippen molar-refractivity contribution in [2.45, 2.75) is 50.5 Å². The molecule has 32 heavy (non-hydrogen) atoms. The molecule has 1 aliphatic carbocycles. The molecule has 0 radical (unpaired) electrons. The number of sulfonamides is 1. The predicted molar refractivity (Wildman–Crippen MR) is 109 cm³/mol. The van der Waals surface area contributed by atoms with E-state index in [1.807, 2.05) is 0 Å². The Kier molecular flexibility index (Phi) is 7.65. The Balaban J connectivity index is 1.48. The van der Waals surface area contributed by atoms with Crippen LogP contribution < -0.4 is 14.8 Å². The lowest BCUT2D eigenvalue weighted by Gasteiger charge is -2.26. The van der Waals surface area contributed by atoms with Crippen molar-refractivity contribution in [1.82, 2.24) is 14.9 Å². The largest absolute Gasteiger partial charge is 0.485 e. The number of carbonyl (C=O) groups excluding carboxylic acids is 2. The van der Waals surface area contributed by atoms with E-state index in [-0.39, 0.29) is 23.8 Å². The molecule has 3 rings (SSSR count). The van der Waals surface area contributed by atoms with E-state index in [2.05, 4.69) is 10.0 Å². The molecule has 1 saturated heterocycles. The summed E-state index contributed by atoms with van der Waals surface area (Å²) in [5, 5.41) is 2.24. The highest BCUT2D eigenvalue weighted by Crippen LogP contribution is 2.47. The normalized spacial score (nSPS) is 18.1. The first-order chi connectivity index (χ1) is 15.1. The topological polar surface area (TPSA) is 105 Å². The molecule has 1 heterocycles. The second kappa shape index (κ2) is 10.1. The average molecular weight is 478 g/mol. The number of benzene rings is 1. The van der Waals surface area contributed by atoms with Crippen molar-refractivity contribution in [2.24, 2.45) is 0 Å². The van der Waals surface area contributed by atoms with Crippen molar-refractivity contribution in [2.75, 3.05) is 25.4 Å². The summed E-state index contributed by atoms with van der Waals surface area (Å²) in [6, 6.07) is 3.34. The predicted octanol–water partition coefficient (Wildman–Crippen LogP) is 2.49. The van der Waals surface area contributed by atoms with E-state index in [9.17, 15) is 31.2 Å². The van der Waals surface area contributed by atoms with E-state index in [0.717, 1.165) is 6.07 Å². The minimum atomic E-state index is -3.64. The maximum absolute atomic E-state index is 13.8. The van der Waals surface area contributed by atoms with Gasteiger partial charge < -0.3 is 9.64 Å². The zero-order valence-corrected chi connectivity index (χ0v) is 18.2. The Morgan fingerprint density at radius 2 is 1.94 bits per heavy atom. The van der Waals surface area contributed by atoms with E-state index in [0.29, 0.717) is 50.8 Å². The number of nitrogens with one attached hydrogen (secondary N) is 2. The van der Waals surface area contributed by atoms with Crippen molar-refractivity contribution in [3.05, 3.63) is 29.6 Å². The third-order valence-corrected chi connectivity index (χ3v) is 6.96. The van der Waals surface area contributed by atoms with Crippen LogP contribution >= 0.6 is 0 Å². The van der Waals surface area contributed by atoms with Crippen molar-refractivity contribution in [3.63, 3.8) is 0 Å². The Labute approximate surface area is 184 Å². The summed E-state index contributed by atoms with van der Waals surface area (Å²) in [7, 11) is -3.64. The highest BCUT2D eigenvalue weighted by atomic mass is 32.2. The number of alkyl halides is 2. The van der Waals surface area contributed by atoms with Crippen LogP contribution in [0.1, 0.15) is 44.1 Å². The summed E-state index contributed by atoms with van der Waals surface area (Å²) in [6.45, 7) is -0.157. The lowest BCUT2D eigenvalue weighted by atomic mass is 10.1. The molecule has 2 N–H and O–H groups in total. The summed E-state index contributed by atoms with van der Waals surface area (Å²) in [4.78, 5) is 24.3. The first-order valence-corrected chi connectivity index (χ1v) is 12.1. The maximum Gasteiger partial charge on any atom is 0.324 e. The molecule has 1 aromatic rings. The average Bonchev–Trinajstić information content (AvgIpc) is 3.48. The third kappa shape index (κ3) is 6.58. The van der Waals surface area contributed by atoms with Crippen molar-refractivity contribution >= 4 is 22.0 Å². The van der Waals surface area contributed by atoms with E-state index in [1.165, 1.54) is 17.0 Å². The zero-order valence-electron chi connectivity index (χ0n) is 17.4. The molecule has 0 bridgehead atoms. The number of amides is 3. The van der Waals surface area contributed by atoms with Crippen LogP contribution in [0.5, 0.6) is 5.75 Å². The van der Waals surface area contributed by atoms with E-state index < -0.39 is 40.4 Å². The van der Waals surface area contributed by atoms with Crippen molar-refractivity contribution in [1.29, 1.82) is 0 Å². The first kappa shape index (κ1) is 24.3. The number of carbonyl (C=O) groups is 2. The molecule has 0 spiro atoms. The van der Waals surface area contributed by atoms with Gasteiger partial charge in [-0.15, -0.1) is 0 Å². The minimum absolute atomic E-state index is 0.116. The summed E-state index contributed by atoms with van der Waals surface area (Å²) in [6.07, 6.45) is 0.0808. The van der Waals surface area contributed by atoms with Crippen LogP contribution in [-0.4, -0.2) is 57.1 Å². The summed E-state index contributed by atoms with van der Waals surface area (Å²) >= 11 is 0. The van der Waals surface area contributed by atoms with Crippen LogP contribution in [0.3, 0.4) is 0 Å². The van der Waals surface area contributed by atoms with Crippen LogP contribution in [0.4, 0.5) is 18.0 Å². The van der Waals surface area contributed by atoms with Gasteiger partial charge in [0.05, 0.1) is 11.3 Å². The molecule has 12 heteroatoms. The minimum Gasteiger partial charge on any atom is -0.485 e. The van der Waals surface area contributed by atoms with Gasteiger partial charge in [-0.3, -0.25) is 10.1 Å². The number of ether oxygens (including phenoxy) is 1. The number of hydrogen-bond acceptors (Lipinski definition) is 5. The number of unbranched alkanes of at least 4 members (excludes halogenated alkanes) is 2. The number of hydrogen-bond donors (Lipinski definition) is 2. The van der Waals surface area contributed by atoms with Gasteiger partial charge in [-0.25, -0.2) is 31.1 Å². The van der Waals surface area contributed by atoms with Gasteiger partial charge in [-0.2, -0.15) is 0 Å². The molecule has 8 nitrogen and oxygen atoms in total. The van der Waals surface area contributed by atoms with Crippen LogP contribution in [0.15, 0.2) is 18.2 Å². The van der Waals surface area contributed by atoms with Gasteiger partial charge in [0.2, 0.25) is 15.9 Å². The Morgan fingerprint density at radius 3 is 2.59 bits per heavy atom. The van der Waals surface area contributed by atoms with E-state index in [4.69, 9.17) is 4.74 Å². The number of halogens is 3. The fraction of sp³-hybridized carbons (Fsp3) is 0.600. The van der Waals surface area contributed by atoms with Gasteiger partial charge in [-0.1, -0.05) is 12.5 Å². The molecule has 0 unspecified atom stereocenters. The summed E-state index contributed by atoms with van der Waals surface area (Å²) in [5.41, 5.74) is -0.411. The highest BCUT2D eigenvalue weighted by Gasteiger charge is 2.47. The molecular formula is C20H26F3N3O5S.